The van der Waals surface area contributed by atoms with E-state index in [0.717, 1.165) is 33.2 Å². The Labute approximate surface area is 192 Å². The Hall–Kier alpha value is -3.85. The molecule has 2 aromatic heterocycles. The molecule has 4 rings (SSSR count). The molecule has 0 aliphatic carbocycles. The number of thiophene rings is 1. The quantitative estimate of drug-likeness (QED) is 0.434. The lowest BCUT2D eigenvalue weighted by atomic mass is 10.1. The van der Waals surface area contributed by atoms with Gasteiger partial charge in [0.1, 0.15) is 10.8 Å². The lowest BCUT2D eigenvalue weighted by Gasteiger charge is -2.10. The van der Waals surface area contributed by atoms with Crippen molar-refractivity contribution in [2.75, 3.05) is 11.9 Å². The number of hydrogen-bond donors (Lipinski definition) is 1. The minimum Gasteiger partial charge on any atom is -0.461 e. The first-order valence-corrected chi connectivity index (χ1v) is 11.0. The number of benzene rings is 2. The lowest BCUT2D eigenvalue weighted by Crippen LogP contribution is -2.25. The van der Waals surface area contributed by atoms with Crippen molar-refractivity contribution in [3.63, 3.8) is 0 Å². The summed E-state index contributed by atoms with van der Waals surface area (Å²) in [6.07, 6.45) is 0. The highest BCUT2D eigenvalue weighted by molar-refractivity contribution is 7.16. The van der Waals surface area contributed by atoms with E-state index in [9.17, 15) is 18.8 Å². The number of nitrogens with zero attached hydrogens (tertiary/aromatic N) is 2. The second-order valence-corrected chi connectivity index (χ2v) is 8.25. The largest absolute Gasteiger partial charge is 0.461 e. The van der Waals surface area contributed by atoms with E-state index < -0.39 is 23.3 Å². The van der Waals surface area contributed by atoms with Crippen LogP contribution in [0.3, 0.4) is 0 Å². The third-order valence-electron chi connectivity index (χ3n) is 5.17. The Morgan fingerprint density at radius 3 is 2.64 bits per heavy atom. The van der Waals surface area contributed by atoms with Crippen molar-refractivity contribution in [2.45, 2.75) is 20.8 Å². The summed E-state index contributed by atoms with van der Waals surface area (Å²) in [6.45, 7) is 5.62. The molecule has 0 unspecified atom stereocenters. The van der Waals surface area contributed by atoms with E-state index in [0.29, 0.717) is 5.56 Å². The van der Waals surface area contributed by atoms with Gasteiger partial charge in [0.2, 0.25) is 0 Å². The summed E-state index contributed by atoms with van der Waals surface area (Å²) in [7, 11) is 0. The highest BCUT2D eigenvalue weighted by atomic mass is 32.1. The SMILES string of the molecule is CCOC(=O)c1nn(-c2cccc(F)c2)c(=O)c2c(NC(=O)c3ccc(C)c(C)c3)scc12. The van der Waals surface area contributed by atoms with Crippen molar-refractivity contribution >= 4 is 39.0 Å². The van der Waals surface area contributed by atoms with Crippen LogP contribution in [0.2, 0.25) is 0 Å². The van der Waals surface area contributed by atoms with Gasteiger partial charge in [0.15, 0.2) is 5.69 Å². The van der Waals surface area contributed by atoms with Gasteiger partial charge in [-0.15, -0.1) is 11.3 Å². The number of amides is 1. The van der Waals surface area contributed by atoms with E-state index in [4.69, 9.17) is 4.74 Å². The van der Waals surface area contributed by atoms with E-state index in [1.807, 2.05) is 19.9 Å². The molecular formula is C24H20FN3O4S. The van der Waals surface area contributed by atoms with Crippen LogP contribution in [0.5, 0.6) is 0 Å². The topological polar surface area (TPSA) is 90.3 Å². The summed E-state index contributed by atoms with van der Waals surface area (Å²) in [4.78, 5) is 38.8. The van der Waals surface area contributed by atoms with Gasteiger partial charge in [-0.05, 0) is 62.2 Å². The third-order valence-corrected chi connectivity index (χ3v) is 6.07. The fraction of sp³-hybridized carbons (Fsp3) is 0.167. The van der Waals surface area contributed by atoms with Crippen molar-refractivity contribution < 1.29 is 18.7 Å². The van der Waals surface area contributed by atoms with Crippen molar-refractivity contribution in [1.29, 1.82) is 0 Å². The number of fused-ring (bicyclic) bond motifs is 1. The number of ether oxygens (including phenoxy) is 1. The van der Waals surface area contributed by atoms with Crippen LogP contribution in [-0.2, 0) is 4.74 Å². The van der Waals surface area contributed by atoms with Gasteiger partial charge < -0.3 is 10.1 Å². The van der Waals surface area contributed by atoms with E-state index in [1.54, 1.807) is 24.4 Å². The molecule has 7 nitrogen and oxygen atoms in total. The number of hydrogen-bond acceptors (Lipinski definition) is 6. The van der Waals surface area contributed by atoms with Crippen molar-refractivity contribution in [2.24, 2.45) is 0 Å². The average molecular weight is 466 g/mol. The molecule has 1 N–H and O–H groups in total. The molecule has 0 bridgehead atoms. The zero-order chi connectivity index (χ0) is 23.7. The van der Waals surface area contributed by atoms with Gasteiger partial charge in [-0.1, -0.05) is 12.1 Å². The van der Waals surface area contributed by atoms with Crippen LogP contribution in [0.4, 0.5) is 9.39 Å². The summed E-state index contributed by atoms with van der Waals surface area (Å²) in [5.41, 5.74) is 1.89. The van der Waals surface area contributed by atoms with Gasteiger partial charge in [0.25, 0.3) is 11.5 Å². The van der Waals surface area contributed by atoms with Crippen molar-refractivity contribution in [1.82, 2.24) is 9.78 Å². The van der Waals surface area contributed by atoms with Gasteiger partial charge in [-0.2, -0.15) is 9.78 Å². The molecule has 0 aliphatic rings. The molecule has 0 atom stereocenters. The maximum atomic E-state index is 13.8. The standard InChI is InChI=1S/C24H20FN3O4S/c1-4-32-24(31)20-18-12-33-22(26-21(29)15-9-8-13(2)14(3)10-15)19(18)23(30)28(27-20)17-7-5-6-16(25)11-17/h5-12H,4H2,1-3H3,(H,26,29). The van der Waals surface area contributed by atoms with Gasteiger partial charge >= 0.3 is 5.97 Å². The predicted octanol–water partition coefficient (Wildman–Crippen LogP) is 4.63. The second kappa shape index (κ2) is 8.95. The Kier molecular flexibility index (Phi) is 6.06. The van der Waals surface area contributed by atoms with E-state index >= 15 is 0 Å². The smallest absolute Gasteiger partial charge is 0.359 e. The number of aromatic nitrogens is 2. The first-order valence-electron chi connectivity index (χ1n) is 10.2. The van der Waals surface area contributed by atoms with Crippen LogP contribution >= 0.6 is 11.3 Å². The first-order chi connectivity index (χ1) is 15.8. The molecule has 0 saturated heterocycles. The summed E-state index contributed by atoms with van der Waals surface area (Å²) < 4.78 is 19.9. The van der Waals surface area contributed by atoms with Crippen molar-refractivity contribution in [3.8, 4) is 5.69 Å². The van der Waals surface area contributed by atoms with Crippen LogP contribution in [0, 0.1) is 19.7 Å². The zero-order valence-corrected chi connectivity index (χ0v) is 19.0. The molecule has 0 saturated carbocycles. The van der Waals surface area contributed by atoms with Gasteiger partial charge in [0.05, 0.1) is 17.7 Å². The van der Waals surface area contributed by atoms with Crippen LogP contribution < -0.4 is 10.9 Å². The lowest BCUT2D eigenvalue weighted by molar-refractivity contribution is 0.0520. The number of carbonyl (C=O) groups excluding carboxylic acids is 2. The number of carbonyl (C=O) groups is 2. The monoisotopic (exact) mass is 465 g/mol. The number of halogens is 1. The Bertz CT molecular complexity index is 1460. The molecular weight excluding hydrogens is 445 g/mol. The fourth-order valence-electron chi connectivity index (χ4n) is 3.33. The van der Waals surface area contributed by atoms with Crippen LogP contribution in [0.1, 0.15) is 38.9 Å². The van der Waals surface area contributed by atoms with Crippen LogP contribution in [0.25, 0.3) is 16.5 Å². The van der Waals surface area contributed by atoms with E-state index in [1.165, 1.54) is 18.2 Å². The fourth-order valence-corrected chi connectivity index (χ4v) is 4.26. The number of rotatable bonds is 5. The Balaban J connectivity index is 1.88. The molecule has 33 heavy (non-hydrogen) atoms. The number of esters is 1. The summed E-state index contributed by atoms with van der Waals surface area (Å²) in [6, 6.07) is 10.6. The molecule has 0 fully saturated rings. The average Bonchev–Trinajstić information content (AvgIpc) is 3.20. The Morgan fingerprint density at radius 1 is 1.15 bits per heavy atom. The Morgan fingerprint density at radius 2 is 1.94 bits per heavy atom. The highest BCUT2D eigenvalue weighted by Gasteiger charge is 2.23. The third kappa shape index (κ3) is 4.27. The maximum absolute atomic E-state index is 13.8. The number of aryl methyl sites for hydroxylation is 2. The molecule has 0 spiro atoms. The molecule has 1 amide bonds. The molecule has 0 aliphatic heterocycles. The maximum Gasteiger partial charge on any atom is 0.359 e. The first kappa shape index (κ1) is 22.3. The molecule has 0 radical (unpaired) electrons. The van der Waals surface area contributed by atoms with Gasteiger partial charge in [0, 0.05) is 16.3 Å². The predicted molar refractivity (Wildman–Crippen MR) is 125 cm³/mol. The highest BCUT2D eigenvalue weighted by Crippen LogP contribution is 2.31. The number of anilines is 1. The van der Waals surface area contributed by atoms with E-state index in [2.05, 4.69) is 10.4 Å². The summed E-state index contributed by atoms with van der Waals surface area (Å²) >= 11 is 1.10. The summed E-state index contributed by atoms with van der Waals surface area (Å²) in [5.74, 6) is -1.68. The molecule has 4 aromatic rings. The number of nitrogens with one attached hydrogen (secondary N) is 1. The van der Waals surface area contributed by atoms with Crippen LogP contribution in [0.15, 0.2) is 52.6 Å². The molecule has 2 aromatic carbocycles. The van der Waals surface area contributed by atoms with E-state index in [-0.39, 0.29) is 33.8 Å². The molecule has 168 valence electrons. The minimum absolute atomic E-state index is 0.0968. The van der Waals surface area contributed by atoms with Crippen LogP contribution in [-0.4, -0.2) is 28.3 Å². The van der Waals surface area contributed by atoms with Gasteiger partial charge in [-0.25, -0.2) is 9.18 Å². The van der Waals surface area contributed by atoms with Crippen molar-refractivity contribution in [3.05, 3.63) is 86.4 Å². The minimum atomic E-state index is -0.725. The summed E-state index contributed by atoms with van der Waals surface area (Å²) in [5, 5.41) is 9.11. The normalized spacial score (nSPS) is 10.9. The zero-order valence-electron chi connectivity index (χ0n) is 18.1. The van der Waals surface area contributed by atoms with Gasteiger partial charge in [-0.3, -0.25) is 9.59 Å². The molecule has 2 heterocycles. The second-order valence-electron chi connectivity index (χ2n) is 7.37. The molecule has 9 heteroatoms.